The second-order valence-electron chi connectivity index (χ2n) is 4.98. The first-order valence-electron chi connectivity index (χ1n) is 6.50. The maximum atomic E-state index is 5.37. The Morgan fingerprint density at radius 2 is 1.83 bits per heavy atom. The van der Waals surface area contributed by atoms with Gasteiger partial charge in [0.25, 0.3) is 0 Å². The van der Waals surface area contributed by atoms with E-state index in [4.69, 9.17) is 4.42 Å². The predicted molar refractivity (Wildman–Crippen MR) is 74.6 cm³/mol. The Hall–Kier alpha value is -1.54. The summed E-state index contributed by atoms with van der Waals surface area (Å²) in [6, 6.07) is 13.4. The molecule has 2 nitrogen and oxygen atoms in total. The number of rotatable bonds is 5. The van der Waals surface area contributed by atoms with Crippen molar-refractivity contribution in [2.45, 2.75) is 39.3 Å². The normalized spacial score (nSPS) is 14.4. The van der Waals surface area contributed by atoms with E-state index in [0.717, 1.165) is 12.2 Å². The van der Waals surface area contributed by atoms with Crippen molar-refractivity contribution in [3.05, 3.63) is 59.5 Å². The lowest BCUT2D eigenvalue weighted by Crippen LogP contribution is -2.30. The minimum absolute atomic E-state index is 0.357. The molecular formula is C16H21NO. The van der Waals surface area contributed by atoms with Crippen molar-refractivity contribution < 1.29 is 4.42 Å². The lowest BCUT2D eigenvalue weighted by atomic mass is 10.0. The van der Waals surface area contributed by atoms with Crippen LogP contribution in [0.15, 0.2) is 47.1 Å². The summed E-state index contributed by atoms with van der Waals surface area (Å²) >= 11 is 0. The Labute approximate surface area is 109 Å². The highest BCUT2D eigenvalue weighted by molar-refractivity contribution is 5.23. The van der Waals surface area contributed by atoms with Gasteiger partial charge in [-0.05, 0) is 38.5 Å². The van der Waals surface area contributed by atoms with Gasteiger partial charge in [-0.25, -0.2) is 0 Å². The average molecular weight is 243 g/mol. The fraction of sp³-hybridized carbons (Fsp3) is 0.375. The van der Waals surface area contributed by atoms with E-state index in [-0.39, 0.29) is 0 Å². The van der Waals surface area contributed by atoms with E-state index in [9.17, 15) is 0 Å². The molecule has 0 aliphatic heterocycles. The maximum Gasteiger partial charge on any atom is 0.105 e. The smallest absolute Gasteiger partial charge is 0.105 e. The molecule has 1 unspecified atom stereocenters. The Bertz CT molecular complexity index is 458. The van der Waals surface area contributed by atoms with Crippen molar-refractivity contribution >= 4 is 0 Å². The van der Waals surface area contributed by atoms with Gasteiger partial charge in [0, 0.05) is 18.5 Å². The molecule has 0 aliphatic carbocycles. The monoisotopic (exact) mass is 243 g/mol. The minimum atomic E-state index is 0.357. The molecule has 0 aliphatic rings. The first kappa shape index (κ1) is 12.9. The average Bonchev–Trinajstić information content (AvgIpc) is 2.82. The SMILES string of the molecule is Cc1ccc([C@H](C)NC(C)Cc2ccco2)cc1. The zero-order valence-electron chi connectivity index (χ0n) is 11.3. The summed E-state index contributed by atoms with van der Waals surface area (Å²) in [4.78, 5) is 0. The van der Waals surface area contributed by atoms with Crippen LogP contribution < -0.4 is 5.32 Å². The highest BCUT2D eigenvalue weighted by atomic mass is 16.3. The van der Waals surface area contributed by atoms with Gasteiger partial charge >= 0.3 is 0 Å². The van der Waals surface area contributed by atoms with Gasteiger partial charge in [0.05, 0.1) is 6.26 Å². The van der Waals surface area contributed by atoms with E-state index in [1.54, 1.807) is 6.26 Å². The lowest BCUT2D eigenvalue weighted by Gasteiger charge is -2.19. The summed E-state index contributed by atoms with van der Waals surface area (Å²) in [5, 5.41) is 3.59. The molecule has 0 saturated carbocycles. The maximum absolute atomic E-state index is 5.37. The quantitative estimate of drug-likeness (QED) is 0.862. The topological polar surface area (TPSA) is 25.2 Å². The van der Waals surface area contributed by atoms with Crippen LogP contribution in [-0.2, 0) is 6.42 Å². The first-order chi connectivity index (χ1) is 8.65. The Morgan fingerprint density at radius 3 is 2.44 bits per heavy atom. The molecule has 2 heteroatoms. The van der Waals surface area contributed by atoms with Crippen LogP contribution in [0.3, 0.4) is 0 Å². The Kier molecular flexibility index (Phi) is 4.21. The third kappa shape index (κ3) is 3.47. The van der Waals surface area contributed by atoms with Gasteiger partial charge < -0.3 is 9.73 Å². The lowest BCUT2D eigenvalue weighted by molar-refractivity contribution is 0.429. The molecule has 2 atom stereocenters. The molecule has 2 rings (SSSR count). The van der Waals surface area contributed by atoms with Crippen molar-refractivity contribution in [3.63, 3.8) is 0 Å². The van der Waals surface area contributed by atoms with Crippen LogP contribution in [0.25, 0.3) is 0 Å². The van der Waals surface area contributed by atoms with E-state index in [0.29, 0.717) is 12.1 Å². The second-order valence-corrected chi connectivity index (χ2v) is 4.98. The van der Waals surface area contributed by atoms with Gasteiger partial charge in [-0.15, -0.1) is 0 Å². The van der Waals surface area contributed by atoms with Crippen LogP contribution in [0.5, 0.6) is 0 Å². The summed E-state index contributed by atoms with van der Waals surface area (Å²) in [5.74, 6) is 1.03. The molecule has 0 spiro atoms. The minimum Gasteiger partial charge on any atom is -0.469 e. The van der Waals surface area contributed by atoms with E-state index >= 15 is 0 Å². The summed E-state index contributed by atoms with van der Waals surface area (Å²) in [7, 11) is 0. The third-order valence-electron chi connectivity index (χ3n) is 3.20. The van der Waals surface area contributed by atoms with Crippen molar-refractivity contribution in [1.82, 2.24) is 5.32 Å². The fourth-order valence-electron chi connectivity index (χ4n) is 2.17. The number of hydrogen-bond donors (Lipinski definition) is 1. The highest BCUT2D eigenvalue weighted by Crippen LogP contribution is 2.15. The van der Waals surface area contributed by atoms with Gasteiger partial charge in [0.2, 0.25) is 0 Å². The zero-order chi connectivity index (χ0) is 13.0. The van der Waals surface area contributed by atoms with E-state index in [1.165, 1.54) is 11.1 Å². The predicted octanol–water partition coefficient (Wildman–Crippen LogP) is 3.87. The van der Waals surface area contributed by atoms with Gasteiger partial charge in [0.15, 0.2) is 0 Å². The van der Waals surface area contributed by atoms with Crippen LogP contribution in [0.2, 0.25) is 0 Å². The van der Waals surface area contributed by atoms with Crippen molar-refractivity contribution in [2.75, 3.05) is 0 Å². The molecule has 0 bridgehead atoms. The summed E-state index contributed by atoms with van der Waals surface area (Å²) in [6.45, 7) is 6.50. The second kappa shape index (κ2) is 5.87. The van der Waals surface area contributed by atoms with Gasteiger partial charge in [-0.2, -0.15) is 0 Å². The summed E-state index contributed by atoms with van der Waals surface area (Å²) < 4.78 is 5.37. The molecule has 1 N–H and O–H groups in total. The molecule has 2 aromatic rings. The summed E-state index contributed by atoms with van der Waals surface area (Å²) in [5.41, 5.74) is 2.63. The highest BCUT2D eigenvalue weighted by Gasteiger charge is 2.10. The zero-order valence-corrected chi connectivity index (χ0v) is 11.3. The van der Waals surface area contributed by atoms with Gasteiger partial charge in [-0.1, -0.05) is 29.8 Å². The largest absolute Gasteiger partial charge is 0.469 e. The van der Waals surface area contributed by atoms with Gasteiger partial charge in [0.1, 0.15) is 5.76 Å². The van der Waals surface area contributed by atoms with Crippen LogP contribution in [0, 0.1) is 6.92 Å². The molecule has 0 amide bonds. The number of aryl methyl sites for hydroxylation is 1. The number of hydrogen-bond acceptors (Lipinski definition) is 2. The fourth-order valence-corrected chi connectivity index (χ4v) is 2.17. The molecule has 0 radical (unpaired) electrons. The molecule has 96 valence electrons. The van der Waals surface area contributed by atoms with Crippen molar-refractivity contribution in [3.8, 4) is 0 Å². The van der Waals surface area contributed by atoms with Crippen LogP contribution in [0.1, 0.15) is 36.8 Å². The first-order valence-corrected chi connectivity index (χ1v) is 6.50. The van der Waals surface area contributed by atoms with E-state index in [2.05, 4.69) is 50.4 Å². The van der Waals surface area contributed by atoms with Gasteiger partial charge in [-0.3, -0.25) is 0 Å². The Balaban J connectivity index is 1.90. The van der Waals surface area contributed by atoms with E-state index in [1.807, 2.05) is 12.1 Å². The van der Waals surface area contributed by atoms with Crippen LogP contribution >= 0.6 is 0 Å². The standard InChI is InChI=1S/C16H21NO/c1-12-6-8-15(9-7-12)14(3)17-13(2)11-16-5-4-10-18-16/h4-10,13-14,17H,11H2,1-3H3/t13?,14-/m0/s1. The van der Waals surface area contributed by atoms with E-state index < -0.39 is 0 Å². The molecule has 1 heterocycles. The van der Waals surface area contributed by atoms with Crippen molar-refractivity contribution in [2.24, 2.45) is 0 Å². The molecule has 0 saturated heterocycles. The van der Waals surface area contributed by atoms with Crippen LogP contribution in [-0.4, -0.2) is 6.04 Å². The number of benzene rings is 1. The molecule has 0 fully saturated rings. The number of nitrogens with one attached hydrogen (secondary N) is 1. The molecule has 1 aromatic heterocycles. The third-order valence-corrected chi connectivity index (χ3v) is 3.20. The van der Waals surface area contributed by atoms with Crippen LogP contribution in [0.4, 0.5) is 0 Å². The Morgan fingerprint density at radius 1 is 1.11 bits per heavy atom. The number of furan rings is 1. The van der Waals surface area contributed by atoms with Crippen molar-refractivity contribution in [1.29, 1.82) is 0 Å². The molecule has 18 heavy (non-hydrogen) atoms. The molecular weight excluding hydrogens is 222 g/mol. The summed E-state index contributed by atoms with van der Waals surface area (Å²) in [6.07, 6.45) is 2.65. The molecule has 1 aromatic carbocycles.